The van der Waals surface area contributed by atoms with E-state index in [1.54, 1.807) is 0 Å². The molecule has 0 unspecified atom stereocenters. The van der Waals surface area contributed by atoms with Crippen molar-refractivity contribution in [3.05, 3.63) is 15.6 Å². The lowest BCUT2D eigenvalue weighted by molar-refractivity contribution is 0.0778. The number of ether oxygens (including phenoxy) is 1. The fourth-order valence-electron chi connectivity index (χ4n) is 0.790. The molecule has 0 fully saturated rings. The first-order chi connectivity index (χ1) is 6.16. The van der Waals surface area contributed by atoms with E-state index in [1.807, 2.05) is 6.92 Å². The molecular formula is C7H9Cl3N2O. The number of halogens is 3. The van der Waals surface area contributed by atoms with Crippen LogP contribution in [-0.4, -0.2) is 16.2 Å². The highest BCUT2D eigenvalue weighted by atomic mass is 35.5. The van der Waals surface area contributed by atoms with Gasteiger partial charge in [-0.2, -0.15) is 0 Å². The Bertz CT molecular complexity index is 288. The van der Waals surface area contributed by atoms with Crippen molar-refractivity contribution < 1.29 is 4.74 Å². The molecule has 0 N–H and O–H groups in total. The molecule has 0 atom stereocenters. The Morgan fingerprint density at radius 2 is 2.08 bits per heavy atom. The summed E-state index contributed by atoms with van der Waals surface area (Å²) in [5.41, 5.74) is 0. The number of nitrogens with zero attached hydrogens (tertiary/aromatic N) is 2. The van der Waals surface area contributed by atoms with Crippen molar-refractivity contribution in [1.82, 2.24) is 9.55 Å². The van der Waals surface area contributed by atoms with Crippen LogP contribution < -0.4 is 0 Å². The Hall–Kier alpha value is 0.0400. The summed E-state index contributed by atoms with van der Waals surface area (Å²) in [4.78, 5) is 3.77. The van der Waals surface area contributed by atoms with Crippen molar-refractivity contribution in [2.75, 3.05) is 6.61 Å². The number of hydrogen-bond acceptors (Lipinski definition) is 2. The lowest BCUT2D eigenvalue weighted by atomic mass is 10.5. The first-order valence-electron chi connectivity index (χ1n) is 3.81. The van der Waals surface area contributed by atoms with Gasteiger partial charge in [0.2, 0.25) is 5.28 Å². The van der Waals surface area contributed by atoms with Crippen molar-refractivity contribution in [2.45, 2.75) is 20.1 Å². The Balaban J connectivity index is 2.64. The fraction of sp³-hybridized carbons (Fsp3) is 0.571. The SMILES string of the molecule is CCCOCn1c(Cl)nc(Cl)c1Cl. The summed E-state index contributed by atoms with van der Waals surface area (Å²) in [6.07, 6.45) is 0.942. The van der Waals surface area contributed by atoms with E-state index in [-0.39, 0.29) is 17.2 Å². The Kier molecular flexibility index (Phi) is 4.32. The molecule has 1 rings (SSSR count). The number of imidazole rings is 1. The average molecular weight is 244 g/mol. The molecule has 1 aromatic rings. The molecular weight excluding hydrogens is 234 g/mol. The number of rotatable bonds is 4. The molecule has 0 aromatic carbocycles. The quantitative estimate of drug-likeness (QED) is 0.759. The number of hydrogen-bond donors (Lipinski definition) is 0. The highest BCUT2D eigenvalue weighted by Crippen LogP contribution is 2.25. The van der Waals surface area contributed by atoms with Crippen LogP contribution in [0.4, 0.5) is 0 Å². The zero-order valence-electron chi connectivity index (χ0n) is 7.06. The first-order valence-corrected chi connectivity index (χ1v) is 4.95. The van der Waals surface area contributed by atoms with Gasteiger partial charge in [0.1, 0.15) is 6.73 Å². The summed E-state index contributed by atoms with van der Waals surface area (Å²) in [6.45, 7) is 2.96. The summed E-state index contributed by atoms with van der Waals surface area (Å²) < 4.78 is 6.74. The predicted molar refractivity (Wildman–Crippen MR) is 53.5 cm³/mol. The van der Waals surface area contributed by atoms with Crippen LogP contribution in [0, 0.1) is 0 Å². The van der Waals surface area contributed by atoms with Crippen molar-refractivity contribution in [2.24, 2.45) is 0 Å². The van der Waals surface area contributed by atoms with Crippen molar-refractivity contribution in [3.63, 3.8) is 0 Å². The molecule has 13 heavy (non-hydrogen) atoms. The minimum atomic E-state index is 0.201. The summed E-state index contributed by atoms with van der Waals surface area (Å²) in [6, 6.07) is 0. The highest BCUT2D eigenvalue weighted by molar-refractivity contribution is 6.41. The van der Waals surface area contributed by atoms with Gasteiger partial charge in [-0.25, -0.2) is 4.98 Å². The van der Waals surface area contributed by atoms with E-state index >= 15 is 0 Å². The van der Waals surface area contributed by atoms with E-state index < -0.39 is 0 Å². The van der Waals surface area contributed by atoms with Crippen LogP contribution >= 0.6 is 34.8 Å². The third-order valence-corrected chi connectivity index (χ3v) is 2.42. The Labute approximate surface area is 91.6 Å². The molecule has 0 aliphatic carbocycles. The largest absolute Gasteiger partial charge is 0.361 e. The monoisotopic (exact) mass is 242 g/mol. The average Bonchev–Trinajstić information content (AvgIpc) is 2.32. The molecule has 0 aliphatic heterocycles. The third-order valence-electron chi connectivity index (χ3n) is 1.39. The molecule has 3 nitrogen and oxygen atoms in total. The Morgan fingerprint density at radius 1 is 1.38 bits per heavy atom. The van der Waals surface area contributed by atoms with Crippen LogP contribution in [-0.2, 0) is 11.5 Å². The molecule has 0 aliphatic rings. The van der Waals surface area contributed by atoms with Crippen LogP contribution in [0.5, 0.6) is 0 Å². The first kappa shape index (κ1) is 11.1. The van der Waals surface area contributed by atoms with Crippen molar-refractivity contribution in [3.8, 4) is 0 Å². The summed E-state index contributed by atoms with van der Waals surface area (Å²) in [5, 5.41) is 0.751. The van der Waals surface area contributed by atoms with E-state index in [1.165, 1.54) is 4.57 Å². The van der Waals surface area contributed by atoms with Gasteiger partial charge in [-0.3, -0.25) is 4.57 Å². The normalized spacial score (nSPS) is 10.8. The zero-order chi connectivity index (χ0) is 9.84. The second-order valence-corrected chi connectivity index (χ2v) is 3.48. The molecule has 1 aromatic heterocycles. The van der Waals surface area contributed by atoms with Gasteiger partial charge in [-0.1, -0.05) is 30.1 Å². The lowest BCUT2D eigenvalue weighted by Crippen LogP contribution is -2.03. The molecule has 0 bridgehead atoms. The summed E-state index contributed by atoms with van der Waals surface area (Å²) in [7, 11) is 0. The van der Waals surface area contributed by atoms with Crippen molar-refractivity contribution >= 4 is 34.8 Å². The summed E-state index contributed by atoms with van der Waals surface area (Å²) in [5.74, 6) is 0. The molecule has 0 spiro atoms. The van der Waals surface area contributed by atoms with Gasteiger partial charge >= 0.3 is 0 Å². The molecule has 0 amide bonds. The van der Waals surface area contributed by atoms with E-state index in [4.69, 9.17) is 39.5 Å². The fourth-order valence-corrected chi connectivity index (χ4v) is 1.45. The maximum Gasteiger partial charge on any atom is 0.207 e. The van der Waals surface area contributed by atoms with Gasteiger partial charge in [-0.05, 0) is 18.0 Å². The van der Waals surface area contributed by atoms with E-state index in [2.05, 4.69) is 4.98 Å². The molecule has 6 heteroatoms. The summed E-state index contributed by atoms with van der Waals surface area (Å²) >= 11 is 17.2. The van der Waals surface area contributed by atoms with Gasteiger partial charge in [0.15, 0.2) is 10.3 Å². The molecule has 0 saturated heterocycles. The van der Waals surface area contributed by atoms with Gasteiger partial charge in [-0.15, -0.1) is 0 Å². The van der Waals surface area contributed by atoms with Crippen LogP contribution in [0.25, 0.3) is 0 Å². The zero-order valence-corrected chi connectivity index (χ0v) is 9.33. The van der Waals surface area contributed by atoms with Crippen LogP contribution in [0.3, 0.4) is 0 Å². The predicted octanol–water partition coefficient (Wildman–Crippen LogP) is 3.23. The third kappa shape index (κ3) is 2.74. The maximum atomic E-state index is 5.80. The lowest BCUT2D eigenvalue weighted by Gasteiger charge is -2.05. The van der Waals surface area contributed by atoms with E-state index in [0.29, 0.717) is 11.8 Å². The standard InChI is InChI=1S/C7H9Cl3N2O/c1-2-3-13-4-12-6(9)5(8)11-7(12)10/h2-4H2,1H3. The van der Waals surface area contributed by atoms with Gasteiger partial charge in [0, 0.05) is 6.61 Å². The maximum absolute atomic E-state index is 5.80. The van der Waals surface area contributed by atoms with E-state index in [0.717, 1.165) is 6.42 Å². The van der Waals surface area contributed by atoms with Crippen molar-refractivity contribution in [1.29, 1.82) is 0 Å². The molecule has 0 saturated carbocycles. The van der Waals surface area contributed by atoms with Crippen LogP contribution in [0.1, 0.15) is 13.3 Å². The van der Waals surface area contributed by atoms with E-state index in [9.17, 15) is 0 Å². The minimum absolute atomic E-state index is 0.201. The van der Waals surface area contributed by atoms with Gasteiger partial charge < -0.3 is 4.74 Å². The molecule has 74 valence electrons. The van der Waals surface area contributed by atoms with Crippen LogP contribution in [0.2, 0.25) is 15.6 Å². The Morgan fingerprint density at radius 3 is 2.54 bits per heavy atom. The topological polar surface area (TPSA) is 27.1 Å². The molecule has 0 radical (unpaired) electrons. The highest BCUT2D eigenvalue weighted by Gasteiger charge is 2.11. The second kappa shape index (κ2) is 5.05. The minimum Gasteiger partial charge on any atom is -0.361 e. The smallest absolute Gasteiger partial charge is 0.207 e. The van der Waals surface area contributed by atoms with Gasteiger partial charge in [0.05, 0.1) is 0 Å². The second-order valence-electron chi connectivity index (χ2n) is 2.43. The van der Waals surface area contributed by atoms with Crippen LogP contribution in [0.15, 0.2) is 0 Å². The molecule has 1 heterocycles. The number of aromatic nitrogens is 2. The van der Waals surface area contributed by atoms with Gasteiger partial charge in [0.25, 0.3) is 0 Å².